The normalized spacial score (nSPS) is 29.3. The van der Waals surface area contributed by atoms with Crippen molar-refractivity contribution in [1.29, 1.82) is 0 Å². The summed E-state index contributed by atoms with van der Waals surface area (Å²) in [5.74, 6) is 0. The van der Waals surface area contributed by atoms with E-state index in [1.54, 1.807) is 11.3 Å². The van der Waals surface area contributed by atoms with Gasteiger partial charge in [-0.2, -0.15) is 11.3 Å². The van der Waals surface area contributed by atoms with Crippen molar-refractivity contribution in [2.75, 3.05) is 6.61 Å². The Kier molecular flexibility index (Phi) is 2.91. The highest BCUT2D eigenvalue weighted by molar-refractivity contribution is 7.07. The summed E-state index contributed by atoms with van der Waals surface area (Å²) in [7, 11) is 0. The van der Waals surface area contributed by atoms with E-state index in [0.717, 1.165) is 25.9 Å². The second-order valence-electron chi connectivity index (χ2n) is 4.21. The lowest BCUT2D eigenvalue weighted by Crippen LogP contribution is -2.46. The van der Waals surface area contributed by atoms with E-state index in [9.17, 15) is 0 Å². The molecule has 2 unspecified atom stereocenters. The molecule has 1 aliphatic rings. The summed E-state index contributed by atoms with van der Waals surface area (Å²) in [5, 5.41) is 4.26. The van der Waals surface area contributed by atoms with E-state index in [-0.39, 0.29) is 11.6 Å². The van der Waals surface area contributed by atoms with E-state index in [1.165, 1.54) is 5.56 Å². The monoisotopic (exact) mass is 211 g/mol. The van der Waals surface area contributed by atoms with Gasteiger partial charge in [0.2, 0.25) is 0 Å². The third-order valence-corrected chi connectivity index (χ3v) is 3.80. The Balaban J connectivity index is 1.98. The highest BCUT2D eigenvalue weighted by atomic mass is 32.1. The smallest absolute Gasteiger partial charge is 0.0808 e. The van der Waals surface area contributed by atoms with Crippen LogP contribution in [0.25, 0.3) is 0 Å². The molecule has 1 fully saturated rings. The average molecular weight is 211 g/mol. The van der Waals surface area contributed by atoms with Crippen LogP contribution in [0, 0.1) is 0 Å². The first-order chi connectivity index (χ1) is 6.71. The Bertz CT molecular complexity index is 277. The van der Waals surface area contributed by atoms with Crippen molar-refractivity contribution in [3.05, 3.63) is 22.4 Å². The molecular weight excluding hydrogens is 194 g/mol. The zero-order valence-electron chi connectivity index (χ0n) is 8.53. The van der Waals surface area contributed by atoms with Gasteiger partial charge < -0.3 is 10.5 Å². The van der Waals surface area contributed by atoms with Gasteiger partial charge in [-0.25, -0.2) is 0 Å². The number of thiophene rings is 1. The first-order valence-corrected chi connectivity index (χ1v) is 6.06. The van der Waals surface area contributed by atoms with Crippen molar-refractivity contribution >= 4 is 11.3 Å². The van der Waals surface area contributed by atoms with Crippen molar-refractivity contribution in [1.82, 2.24) is 0 Å². The molecule has 0 spiro atoms. The molecule has 78 valence electrons. The molecule has 14 heavy (non-hydrogen) atoms. The summed E-state index contributed by atoms with van der Waals surface area (Å²) in [4.78, 5) is 0. The number of hydrogen-bond acceptors (Lipinski definition) is 3. The SMILES string of the molecule is CC1(C(N)Cc2ccsc2)CCCO1. The van der Waals surface area contributed by atoms with Gasteiger partial charge in [-0.05, 0) is 48.6 Å². The van der Waals surface area contributed by atoms with Gasteiger partial charge in [-0.3, -0.25) is 0 Å². The average Bonchev–Trinajstić information content (AvgIpc) is 2.76. The van der Waals surface area contributed by atoms with Crippen LogP contribution < -0.4 is 5.73 Å². The lowest BCUT2D eigenvalue weighted by Gasteiger charge is -2.30. The minimum atomic E-state index is -0.0953. The van der Waals surface area contributed by atoms with Crippen LogP contribution in [0.4, 0.5) is 0 Å². The number of rotatable bonds is 3. The minimum absolute atomic E-state index is 0.0953. The zero-order chi connectivity index (χ0) is 10.0. The molecule has 0 radical (unpaired) electrons. The molecule has 0 aromatic carbocycles. The largest absolute Gasteiger partial charge is 0.374 e. The van der Waals surface area contributed by atoms with Crippen LogP contribution in [0.3, 0.4) is 0 Å². The molecule has 0 saturated carbocycles. The quantitative estimate of drug-likeness (QED) is 0.831. The van der Waals surface area contributed by atoms with Crippen LogP contribution in [0.15, 0.2) is 16.8 Å². The molecule has 2 heterocycles. The van der Waals surface area contributed by atoms with Gasteiger partial charge in [0.25, 0.3) is 0 Å². The fraction of sp³-hybridized carbons (Fsp3) is 0.636. The highest BCUT2D eigenvalue weighted by Crippen LogP contribution is 2.29. The van der Waals surface area contributed by atoms with Crippen LogP contribution in [-0.2, 0) is 11.2 Å². The van der Waals surface area contributed by atoms with E-state index < -0.39 is 0 Å². The van der Waals surface area contributed by atoms with Crippen LogP contribution in [-0.4, -0.2) is 18.2 Å². The second kappa shape index (κ2) is 4.01. The van der Waals surface area contributed by atoms with Crippen LogP contribution in [0.5, 0.6) is 0 Å². The van der Waals surface area contributed by atoms with Crippen molar-refractivity contribution in [3.63, 3.8) is 0 Å². The maximum absolute atomic E-state index is 6.18. The summed E-state index contributed by atoms with van der Waals surface area (Å²) in [6.45, 7) is 3.00. The highest BCUT2D eigenvalue weighted by Gasteiger charge is 2.35. The Morgan fingerprint density at radius 3 is 3.14 bits per heavy atom. The van der Waals surface area contributed by atoms with Gasteiger partial charge in [0, 0.05) is 12.6 Å². The molecule has 1 aliphatic heterocycles. The van der Waals surface area contributed by atoms with Gasteiger partial charge >= 0.3 is 0 Å². The molecule has 1 saturated heterocycles. The summed E-state index contributed by atoms with van der Waals surface area (Å²) in [5.41, 5.74) is 7.42. The first-order valence-electron chi connectivity index (χ1n) is 5.11. The van der Waals surface area contributed by atoms with Gasteiger partial charge in [0.1, 0.15) is 0 Å². The predicted molar refractivity (Wildman–Crippen MR) is 59.6 cm³/mol. The first kappa shape index (κ1) is 10.1. The van der Waals surface area contributed by atoms with E-state index in [1.807, 2.05) is 0 Å². The summed E-state index contributed by atoms with van der Waals surface area (Å²) >= 11 is 1.73. The van der Waals surface area contributed by atoms with Crippen molar-refractivity contribution in [3.8, 4) is 0 Å². The molecule has 1 aromatic rings. The van der Waals surface area contributed by atoms with Crippen LogP contribution in [0.1, 0.15) is 25.3 Å². The number of nitrogens with two attached hydrogens (primary N) is 1. The standard InChI is InChI=1S/C11H17NOS/c1-11(4-2-5-13-11)10(12)7-9-3-6-14-8-9/h3,6,8,10H,2,4-5,7,12H2,1H3. The lowest BCUT2D eigenvalue weighted by molar-refractivity contribution is -0.000883. The number of hydrogen-bond donors (Lipinski definition) is 1. The topological polar surface area (TPSA) is 35.2 Å². The molecule has 3 heteroatoms. The molecule has 1 aromatic heterocycles. The van der Waals surface area contributed by atoms with Gasteiger partial charge in [0.05, 0.1) is 5.60 Å². The third-order valence-electron chi connectivity index (χ3n) is 3.07. The second-order valence-corrected chi connectivity index (χ2v) is 4.99. The summed E-state index contributed by atoms with van der Waals surface area (Å²) in [6, 6.07) is 2.27. The molecule has 0 bridgehead atoms. The lowest BCUT2D eigenvalue weighted by atomic mass is 9.90. The molecule has 0 aliphatic carbocycles. The number of ether oxygens (including phenoxy) is 1. The Hall–Kier alpha value is -0.380. The van der Waals surface area contributed by atoms with Gasteiger partial charge in [-0.1, -0.05) is 0 Å². The van der Waals surface area contributed by atoms with Crippen molar-refractivity contribution in [2.24, 2.45) is 5.73 Å². The minimum Gasteiger partial charge on any atom is -0.374 e. The van der Waals surface area contributed by atoms with Crippen molar-refractivity contribution in [2.45, 2.75) is 37.8 Å². The summed E-state index contributed by atoms with van der Waals surface area (Å²) in [6.07, 6.45) is 3.17. The fourth-order valence-electron chi connectivity index (χ4n) is 1.97. The van der Waals surface area contributed by atoms with Gasteiger partial charge in [-0.15, -0.1) is 0 Å². The molecular formula is C11H17NOS. The Morgan fingerprint density at radius 1 is 1.71 bits per heavy atom. The maximum atomic E-state index is 6.18. The fourth-order valence-corrected chi connectivity index (χ4v) is 2.65. The molecule has 2 atom stereocenters. The van der Waals surface area contributed by atoms with E-state index in [2.05, 4.69) is 23.8 Å². The zero-order valence-corrected chi connectivity index (χ0v) is 9.35. The predicted octanol–water partition coefficient (Wildman–Crippen LogP) is 2.19. The van der Waals surface area contributed by atoms with Crippen LogP contribution >= 0.6 is 11.3 Å². The molecule has 2 N–H and O–H groups in total. The van der Waals surface area contributed by atoms with E-state index in [0.29, 0.717) is 0 Å². The molecule has 0 amide bonds. The third kappa shape index (κ3) is 2.00. The van der Waals surface area contributed by atoms with Crippen LogP contribution in [0.2, 0.25) is 0 Å². The molecule has 2 rings (SSSR count). The van der Waals surface area contributed by atoms with Gasteiger partial charge in [0.15, 0.2) is 0 Å². The Labute approximate surface area is 89.1 Å². The summed E-state index contributed by atoms with van der Waals surface area (Å²) < 4.78 is 5.73. The molecule has 2 nitrogen and oxygen atoms in total. The van der Waals surface area contributed by atoms with E-state index in [4.69, 9.17) is 10.5 Å². The Morgan fingerprint density at radius 2 is 2.57 bits per heavy atom. The maximum Gasteiger partial charge on any atom is 0.0808 e. The van der Waals surface area contributed by atoms with Crippen molar-refractivity contribution < 1.29 is 4.74 Å². The van der Waals surface area contributed by atoms with E-state index >= 15 is 0 Å².